The number of halogens is 2. The SMILES string of the molecule is COCc1c(C#N)c(Cl)nc(C)c1[N+](=O)[O-].O=[N+]([O-])c1cccnc1Cl. The molecule has 0 aromatic carbocycles. The highest BCUT2D eigenvalue weighted by Gasteiger charge is 2.25. The summed E-state index contributed by atoms with van der Waals surface area (Å²) in [6.07, 6.45) is 1.40. The number of rotatable bonds is 4. The first kappa shape index (κ1) is 21.2. The molecule has 0 aliphatic heterocycles. The largest absolute Gasteiger partial charge is 0.380 e. The van der Waals surface area contributed by atoms with Crippen molar-refractivity contribution in [2.24, 2.45) is 0 Å². The second-order valence-corrected chi connectivity index (χ2v) is 5.28. The lowest BCUT2D eigenvalue weighted by Gasteiger charge is -2.07. The van der Waals surface area contributed by atoms with E-state index < -0.39 is 9.85 Å². The molecule has 0 fully saturated rings. The number of hydrogen-bond acceptors (Lipinski definition) is 8. The predicted molar refractivity (Wildman–Crippen MR) is 92.0 cm³/mol. The monoisotopic (exact) mass is 399 g/mol. The smallest absolute Gasteiger partial charge is 0.306 e. The number of nitrogens with zero attached hydrogens (tertiary/aromatic N) is 5. The van der Waals surface area contributed by atoms with Crippen molar-refractivity contribution in [3.63, 3.8) is 0 Å². The number of ether oxygens (including phenoxy) is 1. The number of pyridine rings is 2. The third kappa shape index (κ3) is 5.06. The molecule has 0 atom stereocenters. The standard InChI is InChI=1S/C9H8ClN3O3.C5H3ClN2O2/c1-5-8(13(14)15)7(4-16-2)6(3-11)9(10)12-5;6-5-4(8(9)10)2-1-3-7-5/h4H2,1-2H3;1-3H. The molecule has 0 aliphatic carbocycles. The Morgan fingerprint density at radius 1 is 1.27 bits per heavy atom. The van der Waals surface area contributed by atoms with E-state index in [4.69, 9.17) is 33.2 Å². The molecule has 0 spiro atoms. The van der Waals surface area contributed by atoms with Crippen LogP contribution in [0.4, 0.5) is 11.4 Å². The van der Waals surface area contributed by atoms with Gasteiger partial charge < -0.3 is 4.74 Å². The van der Waals surface area contributed by atoms with E-state index in [1.54, 1.807) is 6.07 Å². The summed E-state index contributed by atoms with van der Waals surface area (Å²) in [5.41, 5.74) is -0.0682. The van der Waals surface area contributed by atoms with Crippen LogP contribution < -0.4 is 0 Å². The van der Waals surface area contributed by atoms with E-state index >= 15 is 0 Å². The fourth-order valence-electron chi connectivity index (χ4n) is 1.87. The van der Waals surface area contributed by atoms with Gasteiger partial charge in [-0.15, -0.1) is 0 Å². The van der Waals surface area contributed by atoms with E-state index in [1.807, 2.05) is 0 Å². The summed E-state index contributed by atoms with van der Waals surface area (Å²) in [6.45, 7) is 1.41. The summed E-state index contributed by atoms with van der Waals surface area (Å²) in [7, 11) is 1.38. The minimum atomic E-state index is -0.589. The van der Waals surface area contributed by atoms with Crippen LogP contribution in [-0.2, 0) is 11.3 Å². The van der Waals surface area contributed by atoms with Gasteiger partial charge in [0.05, 0.1) is 22.0 Å². The zero-order valence-electron chi connectivity index (χ0n) is 13.5. The van der Waals surface area contributed by atoms with E-state index in [2.05, 4.69) is 9.97 Å². The molecule has 0 amide bonds. The number of aryl methyl sites for hydroxylation is 1. The molecule has 0 aliphatic rings. The number of nitriles is 1. The molecule has 26 heavy (non-hydrogen) atoms. The highest BCUT2D eigenvalue weighted by molar-refractivity contribution is 6.31. The number of hydrogen-bond donors (Lipinski definition) is 0. The number of aromatic nitrogens is 2. The average Bonchev–Trinajstić information content (AvgIpc) is 2.55. The van der Waals surface area contributed by atoms with Gasteiger partial charge in [0.2, 0.25) is 5.15 Å². The molecular formula is C14H11Cl2N5O5. The Labute approximate surface area is 157 Å². The maximum absolute atomic E-state index is 10.9. The second-order valence-electron chi connectivity index (χ2n) is 4.56. The topological polar surface area (TPSA) is 145 Å². The molecule has 12 heteroatoms. The first-order chi connectivity index (χ1) is 12.2. The molecular weight excluding hydrogens is 389 g/mol. The van der Waals surface area contributed by atoms with Crippen molar-refractivity contribution in [1.29, 1.82) is 5.26 Å². The quantitative estimate of drug-likeness (QED) is 0.430. The lowest BCUT2D eigenvalue weighted by Crippen LogP contribution is -2.05. The molecule has 0 saturated heterocycles. The van der Waals surface area contributed by atoms with Crippen molar-refractivity contribution in [2.75, 3.05) is 7.11 Å². The van der Waals surface area contributed by atoms with Gasteiger partial charge in [-0.05, 0) is 13.0 Å². The Kier molecular flexibility index (Phi) is 7.79. The Bertz CT molecular complexity index is 885. The molecule has 0 bridgehead atoms. The maximum Gasteiger partial charge on any atom is 0.306 e. The second kappa shape index (κ2) is 9.57. The average molecular weight is 400 g/mol. The Balaban J connectivity index is 0.000000289. The highest BCUT2D eigenvalue weighted by Crippen LogP contribution is 2.29. The van der Waals surface area contributed by atoms with Gasteiger partial charge in [-0.25, -0.2) is 9.97 Å². The van der Waals surface area contributed by atoms with Crippen LogP contribution >= 0.6 is 23.2 Å². The summed E-state index contributed by atoms with van der Waals surface area (Å²) in [5, 5.41) is 29.7. The Morgan fingerprint density at radius 3 is 2.35 bits per heavy atom. The van der Waals surface area contributed by atoms with E-state index in [9.17, 15) is 20.2 Å². The molecule has 2 rings (SSSR count). The van der Waals surface area contributed by atoms with Crippen LogP contribution in [-0.4, -0.2) is 26.9 Å². The van der Waals surface area contributed by atoms with Crippen molar-refractivity contribution in [2.45, 2.75) is 13.5 Å². The van der Waals surface area contributed by atoms with Gasteiger partial charge in [0, 0.05) is 19.4 Å². The van der Waals surface area contributed by atoms with Crippen LogP contribution in [0.2, 0.25) is 10.3 Å². The van der Waals surface area contributed by atoms with Crippen molar-refractivity contribution in [3.8, 4) is 6.07 Å². The molecule has 0 N–H and O–H groups in total. The fraction of sp³-hybridized carbons (Fsp3) is 0.214. The van der Waals surface area contributed by atoms with Gasteiger partial charge in [0.1, 0.15) is 22.5 Å². The summed E-state index contributed by atoms with van der Waals surface area (Å²) in [4.78, 5) is 27.1. The van der Waals surface area contributed by atoms with Crippen LogP contribution in [0, 0.1) is 38.5 Å². The molecule has 136 valence electrons. The highest BCUT2D eigenvalue weighted by atomic mass is 35.5. The van der Waals surface area contributed by atoms with Gasteiger partial charge in [0.15, 0.2) is 0 Å². The van der Waals surface area contributed by atoms with Crippen LogP contribution in [0.5, 0.6) is 0 Å². The lowest BCUT2D eigenvalue weighted by molar-refractivity contribution is -0.386. The summed E-state index contributed by atoms with van der Waals surface area (Å²) in [5.74, 6) is 0. The van der Waals surface area contributed by atoms with Crippen LogP contribution in [0.15, 0.2) is 18.3 Å². The zero-order chi connectivity index (χ0) is 19.9. The predicted octanol–water partition coefficient (Wildman–Crippen LogP) is 3.61. The molecule has 0 unspecified atom stereocenters. The zero-order valence-corrected chi connectivity index (χ0v) is 15.0. The third-order valence-electron chi connectivity index (χ3n) is 2.92. The molecule has 10 nitrogen and oxygen atoms in total. The molecule has 0 saturated carbocycles. The van der Waals surface area contributed by atoms with Crippen molar-refractivity contribution < 1.29 is 14.6 Å². The minimum absolute atomic E-state index is 0.0131. The Morgan fingerprint density at radius 2 is 1.92 bits per heavy atom. The van der Waals surface area contributed by atoms with Gasteiger partial charge in [-0.2, -0.15) is 5.26 Å². The summed E-state index contributed by atoms with van der Waals surface area (Å²) >= 11 is 11.1. The van der Waals surface area contributed by atoms with Crippen LogP contribution in [0.25, 0.3) is 0 Å². The lowest BCUT2D eigenvalue weighted by atomic mass is 10.1. The van der Waals surface area contributed by atoms with E-state index in [0.29, 0.717) is 0 Å². The molecule has 0 radical (unpaired) electrons. The summed E-state index contributed by atoms with van der Waals surface area (Å²) in [6, 6.07) is 4.56. The van der Waals surface area contributed by atoms with E-state index in [-0.39, 0.29) is 45.1 Å². The van der Waals surface area contributed by atoms with Gasteiger partial charge in [-0.3, -0.25) is 20.2 Å². The normalized spacial score (nSPS) is 9.65. The number of methoxy groups -OCH3 is 1. The van der Waals surface area contributed by atoms with Crippen LogP contribution in [0.3, 0.4) is 0 Å². The number of nitro groups is 2. The van der Waals surface area contributed by atoms with Gasteiger partial charge in [0.25, 0.3) is 5.69 Å². The van der Waals surface area contributed by atoms with Crippen molar-refractivity contribution >= 4 is 34.6 Å². The van der Waals surface area contributed by atoms with E-state index in [0.717, 1.165) is 0 Å². The van der Waals surface area contributed by atoms with Crippen LogP contribution in [0.1, 0.15) is 16.8 Å². The summed E-state index contributed by atoms with van der Waals surface area (Å²) < 4.78 is 4.83. The van der Waals surface area contributed by atoms with Gasteiger partial charge >= 0.3 is 5.69 Å². The van der Waals surface area contributed by atoms with Crippen molar-refractivity contribution in [1.82, 2.24) is 9.97 Å². The first-order valence-corrected chi connectivity index (χ1v) is 7.47. The first-order valence-electron chi connectivity index (χ1n) is 6.71. The molecule has 2 aromatic heterocycles. The molecule has 2 aromatic rings. The Hall–Kier alpha value is -2.87. The third-order valence-corrected chi connectivity index (χ3v) is 3.49. The van der Waals surface area contributed by atoms with Crippen molar-refractivity contribution in [3.05, 3.63) is 65.7 Å². The fourth-order valence-corrected chi connectivity index (χ4v) is 2.34. The minimum Gasteiger partial charge on any atom is -0.380 e. The van der Waals surface area contributed by atoms with E-state index in [1.165, 1.54) is 32.4 Å². The maximum atomic E-state index is 10.9. The molecule has 2 heterocycles. The van der Waals surface area contributed by atoms with Gasteiger partial charge in [-0.1, -0.05) is 23.2 Å².